The number of methoxy groups -OCH3 is 1. The lowest BCUT2D eigenvalue weighted by Gasteiger charge is -2.40. The fraction of sp³-hybridized carbons (Fsp3) is 0.900. The molecule has 1 saturated heterocycles. The molecule has 1 N–H and O–H groups in total. The monoisotopic (exact) mass is 216 g/mol. The number of nitrogens with one attached hydrogen (secondary N) is 1. The Labute approximate surface area is 90.7 Å². The van der Waals surface area contributed by atoms with Crippen LogP contribution in [0.15, 0.2) is 0 Å². The summed E-state index contributed by atoms with van der Waals surface area (Å²) in [5, 5.41) is 3.14. The number of hydrogen-bond acceptors (Lipinski definition) is 4. The number of ether oxygens (including phenoxy) is 2. The van der Waals surface area contributed by atoms with Gasteiger partial charge in [-0.3, -0.25) is 5.32 Å². The predicted molar refractivity (Wildman–Crippen MR) is 56.6 cm³/mol. The first-order valence-electron chi connectivity index (χ1n) is 5.12. The van der Waals surface area contributed by atoms with Crippen molar-refractivity contribution in [2.75, 3.05) is 26.9 Å². The van der Waals surface area contributed by atoms with Crippen molar-refractivity contribution < 1.29 is 14.3 Å². The van der Waals surface area contributed by atoms with Crippen molar-refractivity contribution in [3.63, 3.8) is 0 Å². The standard InChI is InChI=1S/C10H20N2O3/c1-10(2,3)15-9(13)12-5-8(6-12)11-7-14-4/h8,11H,5-7H2,1-4H3. The summed E-state index contributed by atoms with van der Waals surface area (Å²) in [7, 11) is 1.64. The molecule has 0 aliphatic carbocycles. The van der Waals surface area contributed by atoms with Crippen LogP contribution < -0.4 is 5.32 Å². The lowest BCUT2D eigenvalue weighted by Crippen LogP contribution is -2.60. The summed E-state index contributed by atoms with van der Waals surface area (Å²) in [4.78, 5) is 13.2. The molecule has 0 unspecified atom stereocenters. The molecular weight excluding hydrogens is 196 g/mol. The molecule has 5 heteroatoms. The van der Waals surface area contributed by atoms with Crippen molar-refractivity contribution in [1.29, 1.82) is 0 Å². The zero-order valence-electron chi connectivity index (χ0n) is 9.87. The Morgan fingerprint density at radius 1 is 1.47 bits per heavy atom. The molecule has 1 aliphatic heterocycles. The van der Waals surface area contributed by atoms with Gasteiger partial charge in [0.2, 0.25) is 0 Å². The number of amides is 1. The molecule has 1 amide bonds. The number of carbonyl (C=O) groups is 1. The van der Waals surface area contributed by atoms with E-state index in [1.807, 2.05) is 20.8 Å². The van der Waals surface area contributed by atoms with E-state index in [0.29, 0.717) is 25.9 Å². The Morgan fingerprint density at radius 3 is 2.53 bits per heavy atom. The van der Waals surface area contributed by atoms with E-state index in [-0.39, 0.29) is 6.09 Å². The highest BCUT2D eigenvalue weighted by atomic mass is 16.6. The molecule has 0 radical (unpaired) electrons. The molecule has 15 heavy (non-hydrogen) atoms. The molecule has 0 aromatic heterocycles. The van der Waals surface area contributed by atoms with Gasteiger partial charge in [0.25, 0.3) is 0 Å². The fourth-order valence-electron chi connectivity index (χ4n) is 1.28. The third-order valence-electron chi connectivity index (χ3n) is 2.05. The normalized spacial score (nSPS) is 17.5. The van der Waals surface area contributed by atoms with E-state index in [2.05, 4.69) is 5.32 Å². The number of likely N-dealkylation sites (tertiary alicyclic amines) is 1. The molecule has 1 rings (SSSR count). The fourth-order valence-corrected chi connectivity index (χ4v) is 1.28. The highest BCUT2D eigenvalue weighted by Gasteiger charge is 2.33. The summed E-state index contributed by atoms with van der Waals surface area (Å²) in [6, 6.07) is 0.331. The van der Waals surface area contributed by atoms with Gasteiger partial charge in [0.05, 0.1) is 6.73 Å². The number of hydrogen-bond donors (Lipinski definition) is 1. The van der Waals surface area contributed by atoms with Gasteiger partial charge in [0.15, 0.2) is 0 Å². The van der Waals surface area contributed by atoms with E-state index >= 15 is 0 Å². The summed E-state index contributed by atoms with van der Waals surface area (Å²) >= 11 is 0. The highest BCUT2D eigenvalue weighted by Crippen LogP contribution is 2.14. The molecule has 1 aliphatic rings. The van der Waals surface area contributed by atoms with Crippen molar-refractivity contribution in [2.45, 2.75) is 32.4 Å². The first kappa shape index (κ1) is 12.3. The zero-order chi connectivity index (χ0) is 11.5. The maximum absolute atomic E-state index is 11.5. The second kappa shape index (κ2) is 4.81. The number of nitrogens with zero attached hydrogens (tertiary/aromatic N) is 1. The third-order valence-corrected chi connectivity index (χ3v) is 2.05. The summed E-state index contributed by atoms with van der Waals surface area (Å²) < 4.78 is 10.1. The Hall–Kier alpha value is -0.810. The Kier molecular flexibility index (Phi) is 3.93. The van der Waals surface area contributed by atoms with Gasteiger partial charge >= 0.3 is 6.09 Å². The maximum atomic E-state index is 11.5. The first-order chi connectivity index (χ1) is 6.92. The van der Waals surface area contributed by atoms with Gasteiger partial charge in [-0.1, -0.05) is 0 Å². The predicted octanol–water partition coefficient (Wildman–Crippen LogP) is 0.799. The average molecular weight is 216 g/mol. The second-order valence-corrected chi connectivity index (χ2v) is 4.72. The largest absolute Gasteiger partial charge is 0.444 e. The lowest BCUT2D eigenvalue weighted by molar-refractivity contribution is 0.00157. The van der Waals surface area contributed by atoms with E-state index in [1.165, 1.54) is 0 Å². The van der Waals surface area contributed by atoms with E-state index in [9.17, 15) is 4.79 Å². The molecule has 0 atom stereocenters. The molecule has 0 spiro atoms. The van der Waals surface area contributed by atoms with E-state index in [1.54, 1.807) is 12.0 Å². The van der Waals surface area contributed by atoms with Crippen LogP contribution in [0.25, 0.3) is 0 Å². The summed E-state index contributed by atoms with van der Waals surface area (Å²) in [5.74, 6) is 0. The topological polar surface area (TPSA) is 50.8 Å². The van der Waals surface area contributed by atoms with Gasteiger partial charge in [-0.25, -0.2) is 4.79 Å². The highest BCUT2D eigenvalue weighted by molar-refractivity contribution is 5.69. The van der Waals surface area contributed by atoms with Crippen LogP contribution in [0.3, 0.4) is 0 Å². The molecule has 0 saturated carbocycles. The van der Waals surface area contributed by atoms with Crippen LogP contribution in [0.2, 0.25) is 0 Å². The van der Waals surface area contributed by atoms with Crippen LogP contribution in [0.1, 0.15) is 20.8 Å². The molecule has 0 aromatic rings. The van der Waals surface area contributed by atoms with E-state index in [0.717, 1.165) is 0 Å². The van der Waals surface area contributed by atoms with Gasteiger partial charge in [0, 0.05) is 26.2 Å². The minimum atomic E-state index is -0.415. The average Bonchev–Trinajstić information content (AvgIpc) is 1.98. The molecule has 0 aromatic carbocycles. The van der Waals surface area contributed by atoms with E-state index in [4.69, 9.17) is 9.47 Å². The van der Waals surface area contributed by atoms with Gasteiger partial charge in [0.1, 0.15) is 5.60 Å². The van der Waals surface area contributed by atoms with Gasteiger partial charge in [-0.15, -0.1) is 0 Å². The van der Waals surface area contributed by atoms with Crippen LogP contribution in [0.5, 0.6) is 0 Å². The van der Waals surface area contributed by atoms with Crippen LogP contribution in [0, 0.1) is 0 Å². The molecule has 1 heterocycles. The smallest absolute Gasteiger partial charge is 0.410 e. The van der Waals surface area contributed by atoms with Gasteiger partial charge in [-0.2, -0.15) is 0 Å². The second-order valence-electron chi connectivity index (χ2n) is 4.72. The first-order valence-corrected chi connectivity index (χ1v) is 5.12. The zero-order valence-corrected chi connectivity index (χ0v) is 9.87. The quantitative estimate of drug-likeness (QED) is 0.709. The van der Waals surface area contributed by atoms with Crippen molar-refractivity contribution in [1.82, 2.24) is 10.2 Å². The Balaban J connectivity index is 2.18. The van der Waals surface area contributed by atoms with Crippen LogP contribution in [-0.2, 0) is 9.47 Å². The van der Waals surface area contributed by atoms with Crippen molar-refractivity contribution in [3.8, 4) is 0 Å². The third kappa shape index (κ3) is 4.05. The lowest BCUT2D eigenvalue weighted by atomic mass is 10.1. The molecule has 1 fully saturated rings. The summed E-state index contributed by atoms with van der Waals surface area (Å²) in [6.45, 7) is 7.51. The molecule has 88 valence electrons. The molecule has 0 bridgehead atoms. The van der Waals surface area contributed by atoms with Gasteiger partial charge < -0.3 is 14.4 Å². The minimum Gasteiger partial charge on any atom is -0.444 e. The Morgan fingerprint density at radius 2 is 2.07 bits per heavy atom. The van der Waals surface area contributed by atoms with Crippen molar-refractivity contribution in [2.24, 2.45) is 0 Å². The SMILES string of the molecule is COCNC1CN(C(=O)OC(C)(C)C)C1. The number of rotatable bonds is 3. The summed E-state index contributed by atoms with van der Waals surface area (Å²) in [5.41, 5.74) is -0.415. The minimum absolute atomic E-state index is 0.238. The van der Waals surface area contributed by atoms with Gasteiger partial charge in [-0.05, 0) is 20.8 Å². The Bertz CT molecular complexity index is 219. The van der Waals surface area contributed by atoms with Crippen LogP contribution in [0.4, 0.5) is 4.79 Å². The summed E-state index contributed by atoms with van der Waals surface area (Å²) in [6.07, 6.45) is -0.238. The number of carbonyl (C=O) groups excluding carboxylic acids is 1. The maximum Gasteiger partial charge on any atom is 0.410 e. The molecular formula is C10H20N2O3. The molecule has 5 nitrogen and oxygen atoms in total. The van der Waals surface area contributed by atoms with E-state index < -0.39 is 5.60 Å². The van der Waals surface area contributed by atoms with Crippen LogP contribution >= 0.6 is 0 Å². The van der Waals surface area contributed by atoms with Crippen LogP contribution in [-0.4, -0.2) is 49.6 Å². The van der Waals surface area contributed by atoms with Crippen molar-refractivity contribution in [3.05, 3.63) is 0 Å². The van der Waals surface area contributed by atoms with Crippen molar-refractivity contribution >= 4 is 6.09 Å².